The molecule has 1 amide bonds. The average molecular weight is 344 g/mol. The summed E-state index contributed by atoms with van der Waals surface area (Å²) < 4.78 is 18.5. The third kappa shape index (κ3) is 4.43. The van der Waals surface area contributed by atoms with Crippen LogP contribution >= 0.6 is 0 Å². The van der Waals surface area contributed by atoms with Crippen molar-refractivity contribution in [3.8, 4) is 5.75 Å². The number of benzene rings is 1. The Morgan fingerprint density at radius 2 is 2.08 bits per heavy atom. The molecule has 2 atom stereocenters. The normalized spacial score (nSPS) is 18.0. The lowest BCUT2D eigenvalue weighted by molar-refractivity contribution is -0.123. The van der Waals surface area contributed by atoms with Gasteiger partial charge < -0.3 is 15.0 Å². The molecule has 2 heterocycles. The third-order valence-corrected chi connectivity index (χ3v) is 4.07. The van der Waals surface area contributed by atoms with Crippen LogP contribution in [-0.2, 0) is 4.79 Å². The quantitative estimate of drug-likeness (QED) is 0.870. The molecule has 0 aliphatic carbocycles. The van der Waals surface area contributed by atoms with E-state index in [1.165, 1.54) is 12.1 Å². The zero-order valence-corrected chi connectivity index (χ0v) is 14.1. The number of nitrogens with zero attached hydrogens (tertiary/aromatic N) is 3. The average Bonchev–Trinajstić information content (AvgIpc) is 3.12. The molecule has 1 aliphatic rings. The summed E-state index contributed by atoms with van der Waals surface area (Å²) in [6.45, 7) is 2.95. The van der Waals surface area contributed by atoms with Crippen molar-refractivity contribution in [3.63, 3.8) is 0 Å². The molecule has 0 spiro atoms. The van der Waals surface area contributed by atoms with E-state index in [1.807, 2.05) is 11.8 Å². The largest absolute Gasteiger partial charge is 0.491 e. The van der Waals surface area contributed by atoms with Gasteiger partial charge in [-0.3, -0.25) is 4.79 Å². The van der Waals surface area contributed by atoms with Gasteiger partial charge in [0.25, 0.3) is 0 Å². The summed E-state index contributed by atoms with van der Waals surface area (Å²) in [5, 5.41) is 2.97. The Bertz CT molecular complexity index is 696. The minimum Gasteiger partial charge on any atom is -0.491 e. The Morgan fingerprint density at radius 3 is 2.80 bits per heavy atom. The van der Waals surface area contributed by atoms with E-state index in [9.17, 15) is 9.18 Å². The van der Waals surface area contributed by atoms with Gasteiger partial charge >= 0.3 is 0 Å². The number of anilines is 1. The number of ether oxygens (including phenoxy) is 1. The lowest BCUT2D eigenvalue weighted by Gasteiger charge is -2.25. The van der Waals surface area contributed by atoms with E-state index in [1.54, 1.807) is 30.6 Å². The highest BCUT2D eigenvalue weighted by molar-refractivity contribution is 5.85. The van der Waals surface area contributed by atoms with Crippen molar-refractivity contribution in [3.05, 3.63) is 48.5 Å². The molecule has 25 heavy (non-hydrogen) atoms. The van der Waals surface area contributed by atoms with E-state index in [4.69, 9.17) is 4.74 Å². The van der Waals surface area contributed by atoms with E-state index in [0.717, 1.165) is 19.4 Å². The van der Waals surface area contributed by atoms with Gasteiger partial charge in [-0.25, -0.2) is 14.4 Å². The summed E-state index contributed by atoms with van der Waals surface area (Å²) in [5.41, 5.74) is 0. The van der Waals surface area contributed by atoms with E-state index in [2.05, 4.69) is 15.3 Å². The van der Waals surface area contributed by atoms with Crippen LogP contribution in [0.2, 0.25) is 0 Å². The number of carbonyl (C=O) groups is 1. The van der Waals surface area contributed by atoms with Crippen LogP contribution in [0.15, 0.2) is 42.7 Å². The summed E-state index contributed by atoms with van der Waals surface area (Å²) in [7, 11) is 0. The van der Waals surface area contributed by atoms with Crippen LogP contribution < -0.4 is 15.0 Å². The van der Waals surface area contributed by atoms with Crippen LogP contribution in [0.4, 0.5) is 10.3 Å². The van der Waals surface area contributed by atoms with E-state index in [0.29, 0.717) is 18.3 Å². The van der Waals surface area contributed by atoms with Gasteiger partial charge in [0.15, 0.2) is 0 Å². The maximum atomic E-state index is 12.9. The summed E-state index contributed by atoms with van der Waals surface area (Å²) in [6.07, 6.45) is 5.05. The first-order valence-corrected chi connectivity index (χ1v) is 8.36. The van der Waals surface area contributed by atoms with Crippen molar-refractivity contribution >= 4 is 11.9 Å². The molecule has 1 aromatic heterocycles. The van der Waals surface area contributed by atoms with Crippen LogP contribution in [0.3, 0.4) is 0 Å². The second kappa shape index (κ2) is 7.92. The number of rotatable bonds is 6. The Hall–Kier alpha value is -2.70. The summed E-state index contributed by atoms with van der Waals surface area (Å²) in [4.78, 5) is 23.0. The Labute approximate surface area is 146 Å². The topological polar surface area (TPSA) is 67.3 Å². The highest BCUT2D eigenvalue weighted by Crippen LogP contribution is 2.22. The maximum Gasteiger partial charge on any atom is 0.243 e. The first-order chi connectivity index (χ1) is 12.1. The van der Waals surface area contributed by atoms with E-state index >= 15 is 0 Å². The molecule has 3 rings (SSSR count). The summed E-state index contributed by atoms with van der Waals surface area (Å²) in [6, 6.07) is 7.13. The van der Waals surface area contributed by atoms with Crippen LogP contribution in [0.1, 0.15) is 19.8 Å². The van der Waals surface area contributed by atoms with Gasteiger partial charge in [0.2, 0.25) is 11.9 Å². The van der Waals surface area contributed by atoms with Crippen LogP contribution in [0.5, 0.6) is 5.75 Å². The molecule has 132 valence electrons. The Balaban J connectivity index is 1.53. The number of aromatic nitrogens is 2. The molecular weight excluding hydrogens is 323 g/mol. The zero-order chi connectivity index (χ0) is 17.6. The lowest BCUT2D eigenvalue weighted by Crippen LogP contribution is -2.48. The predicted octanol–water partition coefficient (Wildman–Crippen LogP) is 2.17. The fraction of sp³-hybridized carbons (Fsp3) is 0.389. The molecule has 2 aromatic rings. The monoisotopic (exact) mass is 344 g/mol. The molecule has 1 aromatic carbocycles. The van der Waals surface area contributed by atoms with Gasteiger partial charge in [0, 0.05) is 18.9 Å². The summed E-state index contributed by atoms with van der Waals surface area (Å²) in [5.74, 6) is 0.788. The lowest BCUT2D eigenvalue weighted by atomic mass is 10.2. The molecule has 1 saturated heterocycles. The first kappa shape index (κ1) is 17.1. The van der Waals surface area contributed by atoms with E-state index < -0.39 is 0 Å². The van der Waals surface area contributed by atoms with E-state index in [-0.39, 0.29) is 23.8 Å². The standard InChI is InChI=1S/C18H21FN4O2/c1-13(12-25-15-7-5-14(19)6-8-15)22-17(24)16-4-2-11-23(16)18-20-9-3-10-21-18/h3,5-10,13,16H,2,4,11-12H2,1H3,(H,22,24)/t13-,16+/m1/s1. The fourth-order valence-electron chi connectivity index (χ4n) is 2.85. The molecule has 7 heteroatoms. The number of nitrogens with one attached hydrogen (secondary N) is 1. The number of carbonyl (C=O) groups excluding carboxylic acids is 1. The Morgan fingerprint density at radius 1 is 1.36 bits per heavy atom. The number of hydrogen-bond donors (Lipinski definition) is 1. The zero-order valence-electron chi connectivity index (χ0n) is 14.1. The van der Waals surface area contributed by atoms with Crippen LogP contribution in [0.25, 0.3) is 0 Å². The second-order valence-corrected chi connectivity index (χ2v) is 6.07. The van der Waals surface area contributed by atoms with Gasteiger partial charge in [-0.1, -0.05) is 0 Å². The first-order valence-electron chi connectivity index (χ1n) is 8.36. The Kier molecular flexibility index (Phi) is 5.42. The van der Waals surface area contributed by atoms with Crippen molar-refractivity contribution in [2.45, 2.75) is 31.8 Å². The van der Waals surface area contributed by atoms with Gasteiger partial charge in [-0.15, -0.1) is 0 Å². The second-order valence-electron chi connectivity index (χ2n) is 6.07. The molecular formula is C18H21FN4O2. The van der Waals surface area contributed by atoms with Crippen molar-refractivity contribution in [2.75, 3.05) is 18.1 Å². The molecule has 0 bridgehead atoms. The van der Waals surface area contributed by atoms with Crippen molar-refractivity contribution < 1.29 is 13.9 Å². The highest BCUT2D eigenvalue weighted by atomic mass is 19.1. The van der Waals surface area contributed by atoms with Crippen molar-refractivity contribution in [1.29, 1.82) is 0 Å². The minimum absolute atomic E-state index is 0.0554. The van der Waals surface area contributed by atoms with Gasteiger partial charge in [-0.05, 0) is 50.1 Å². The molecule has 1 fully saturated rings. The smallest absolute Gasteiger partial charge is 0.243 e. The summed E-state index contributed by atoms with van der Waals surface area (Å²) >= 11 is 0. The van der Waals surface area contributed by atoms with Crippen molar-refractivity contribution in [2.24, 2.45) is 0 Å². The van der Waals surface area contributed by atoms with Gasteiger partial charge in [0.05, 0.1) is 6.04 Å². The highest BCUT2D eigenvalue weighted by Gasteiger charge is 2.32. The molecule has 0 radical (unpaired) electrons. The molecule has 1 aliphatic heterocycles. The van der Waals surface area contributed by atoms with Crippen molar-refractivity contribution in [1.82, 2.24) is 15.3 Å². The van der Waals surface area contributed by atoms with Gasteiger partial charge in [-0.2, -0.15) is 0 Å². The predicted molar refractivity (Wildman–Crippen MR) is 91.9 cm³/mol. The number of halogens is 1. The maximum absolute atomic E-state index is 12.9. The molecule has 0 unspecified atom stereocenters. The molecule has 6 nitrogen and oxygen atoms in total. The van der Waals surface area contributed by atoms with Crippen LogP contribution in [0, 0.1) is 5.82 Å². The molecule has 1 N–H and O–H groups in total. The SMILES string of the molecule is C[C@H](COc1ccc(F)cc1)NC(=O)[C@@H]1CCCN1c1ncccn1. The minimum atomic E-state index is -0.307. The third-order valence-electron chi connectivity index (χ3n) is 4.07. The number of hydrogen-bond acceptors (Lipinski definition) is 5. The van der Waals surface area contributed by atoms with Crippen LogP contribution in [-0.4, -0.2) is 41.1 Å². The number of amides is 1. The molecule has 0 saturated carbocycles. The fourth-order valence-corrected chi connectivity index (χ4v) is 2.85. The van der Waals surface area contributed by atoms with Gasteiger partial charge in [0.1, 0.15) is 24.2 Å².